The number of ether oxygens (including phenoxy) is 3. The minimum Gasteiger partial charge on any atom is -0.488 e. The molecular formula is C33H50N2O6. The van der Waals surface area contributed by atoms with Crippen molar-refractivity contribution in [3.8, 4) is 5.75 Å². The number of aliphatic hydroxyl groups is 1. The van der Waals surface area contributed by atoms with Gasteiger partial charge in [-0.2, -0.15) is 0 Å². The Morgan fingerprint density at radius 3 is 2.07 bits per heavy atom. The third-order valence-electron chi connectivity index (χ3n) is 6.57. The van der Waals surface area contributed by atoms with Crippen molar-refractivity contribution in [2.75, 3.05) is 26.7 Å². The van der Waals surface area contributed by atoms with Crippen molar-refractivity contribution < 1.29 is 28.9 Å². The van der Waals surface area contributed by atoms with E-state index in [9.17, 15) is 14.7 Å². The zero-order valence-corrected chi connectivity index (χ0v) is 25.4. The van der Waals surface area contributed by atoms with Crippen LogP contribution in [0.25, 0.3) is 0 Å². The zero-order valence-electron chi connectivity index (χ0n) is 25.4. The fourth-order valence-corrected chi connectivity index (χ4v) is 4.36. The minimum atomic E-state index is -0.735. The number of unbranched alkanes of at least 4 members (excludes halogenated alkanes) is 8. The average molecular weight is 571 g/mol. The van der Waals surface area contributed by atoms with E-state index in [-0.39, 0.29) is 6.09 Å². The number of nitrogens with one attached hydrogen (secondary N) is 2. The van der Waals surface area contributed by atoms with E-state index in [0.29, 0.717) is 36.6 Å². The molecule has 0 aliphatic heterocycles. The van der Waals surface area contributed by atoms with Gasteiger partial charge in [-0.1, -0.05) is 81.3 Å². The van der Waals surface area contributed by atoms with Crippen molar-refractivity contribution in [2.24, 2.45) is 0 Å². The Morgan fingerprint density at radius 2 is 1.46 bits per heavy atom. The lowest BCUT2D eigenvalue weighted by Crippen LogP contribution is -2.32. The number of carbonyl (C=O) groups excluding carboxylic acids is 2. The summed E-state index contributed by atoms with van der Waals surface area (Å²) in [5.41, 5.74) is 1.49. The quantitative estimate of drug-likeness (QED) is 0.127. The smallest absolute Gasteiger partial charge is 0.407 e. The Hall–Kier alpha value is -3.10. The zero-order chi connectivity index (χ0) is 29.9. The Bertz CT molecular complexity index is 1020. The van der Waals surface area contributed by atoms with E-state index in [1.807, 2.05) is 51.1 Å². The summed E-state index contributed by atoms with van der Waals surface area (Å²) in [5, 5.41) is 16.8. The third-order valence-corrected chi connectivity index (χ3v) is 6.57. The first-order valence-electron chi connectivity index (χ1n) is 14.9. The van der Waals surface area contributed by atoms with Gasteiger partial charge in [-0.3, -0.25) is 0 Å². The van der Waals surface area contributed by atoms with Crippen LogP contribution in [-0.4, -0.2) is 49.5 Å². The monoisotopic (exact) mass is 570 g/mol. The number of alkyl carbamates (subject to hydrolysis) is 1. The highest BCUT2D eigenvalue weighted by Gasteiger charge is 2.18. The van der Waals surface area contributed by atoms with Gasteiger partial charge in [-0.25, -0.2) is 9.59 Å². The molecule has 0 spiro atoms. The molecule has 0 aliphatic rings. The van der Waals surface area contributed by atoms with Gasteiger partial charge in [0.1, 0.15) is 23.5 Å². The fourth-order valence-electron chi connectivity index (χ4n) is 4.36. The number of aliphatic hydroxyl groups excluding tert-OH is 1. The van der Waals surface area contributed by atoms with Crippen molar-refractivity contribution in [3.63, 3.8) is 0 Å². The number of benzene rings is 2. The van der Waals surface area contributed by atoms with Crippen LogP contribution < -0.4 is 15.4 Å². The van der Waals surface area contributed by atoms with E-state index in [1.165, 1.54) is 39.2 Å². The molecule has 0 saturated heterocycles. The van der Waals surface area contributed by atoms with Gasteiger partial charge in [0.05, 0.1) is 13.2 Å². The summed E-state index contributed by atoms with van der Waals surface area (Å²) in [5.74, 6) is -0.0647. The number of rotatable bonds is 19. The second-order valence-corrected chi connectivity index (χ2v) is 11.4. The summed E-state index contributed by atoms with van der Waals surface area (Å²) in [6.45, 7) is 7.84. The number of carbonyl (C=O) groups is 2. The fraction of sp³-hybridized carbons (Fsp3) is 0.576. The van der Waals surface area contributed by atoms with Crippen molar-refractivity contribution in [1.82, 2.24) is 10.6 Å². The van der Waals surface area contributed by atoms with Crippen molar-refractivity contribution in [2.45, 2.75) is 96.9 Å². The molecule has 2 aromatic rings. The Kier molecular flexibility index (Phi) is 15.9. The molecule has 1 atom stereocenters. The van der Waals surface area contributed by atoms with E-state index in [0.717, 1.165) is 37.8 Å². The maximum absolute atomic E-state index is 12.3. The molecule has 1 amide bonds. The molecule has 8 heteroatoms. The maximum atomic E-state index is 12.3. The molecule has 0 aliphatic carbocycles. The molecule has 228 valence electrons. The molecule has 2 aromatic carbocycles. The van der Waals surface area contributed by atoms with E-state index in [1.54, 1.807) is 18.2 Å². The lowest BCUT2D eigenvalue weighted by atomic mass is 10.0. The summed E-state index contributed by atoms with van der Waals surface area (Å²) in [6, 6.07) is 14.9. The van der Waals surface area contributed by atoms with Crippen LogP contribution in [-0.2, 0) is 16.1 Å². The molecule has 0 bridgehead atoms. The highest BCUT2D eigenvalue weighted by Crippen LogP contribution is 2.25. The number of methoxy groups -OCH3 is 1. The molecule has 0 unspecified atom stereocenters. The van der Waals surface area contributed by atoms with Crippen LogP contribution >= 0.6 is 0 Å². The topological polar surface area (TPSA) is 106 Å². The van der Waals surface area contributed by atoms with Gasteiger partial charge in [0, 0.05) is 13.1 Å². The second kappa shape index (κ2) is 19.1. The van der Waals surface area contributed by atoms with Crippen molar-refractivity contribution in [3.05, 3.63) is 65.2 Å². The number of hydrogen-bond donors (Lipinski definition) is 3. The summed E-state index contributed by atoms with van der Waals surface area (Å²) < 4.78 is 16.0. The molecule has 41 heavy (non-hydrogen) atoms. The molecule has 2 rings (SSSR count). The van der Waals surface area contributed by atoms with Crippen LogP contribution in [0.1, 0.15) is 106 Å². The Morgan fingerprint density at radius 1 is 0.854 bits per heavy atom. The highest BCUT2D eigenvalue weighted by atomic mass is 16.6. The van der Waals surface area contributed by atoms with Crippen LogP contribution in [0, 0.1) is 0 Å². The van der Waals surface area contributed by atoms with Gasteiger partial charge in [0.25, 0.3) is 0 Å². The minimum absolute atomic E-state index is 0.303. The summed E-state index contributed by atoms with van der Waals surface area (Å²) in [4.78, 5) is 24.0. The van der Waals surface area contributed by atoms with Gasteiger partial charge < -0.3 is 30.0 Å². The van der Waals surface area contributed by atoms with Gasteiger partial charge in [-0.15, -0.1) is 0 Å². The molecule has 0 radical (unpaired) electrons. The van der Waals surface area contributed by atoms with Crippen LogP contribution in [0.2, 0.25) is 0 Å². The average Bonchev–Trinajstić information content (AvgIpc) is 2.95. The first-order chi connectivity index (χ1) is 19.7. The van der Waals surface area contributed by atoms with Gasteiger partial charge in [-0.05, 0) is 63.4 Å². The van der Waals surface area contributed by atoms with Crippen LogP contribution in [0.5, 0.6) is 5.75 Å². The lowest BCUT2D eigenvalue weighted by Gasteiger charge is -2.19. The molecule has 0 heterocycles. The molecular weight excluding hydrogens is 520 g/mol. The molecule has 0 saturated carbocycles. The predicted octanol–water partition coefficient (Wildman–Crippen LogP) is 6.71. The second-order valence-electron chi connectivity index (χ2n) is 11.4. The summed E-state index contributed by atoms with van der Waals surface area (Å²) in [7, 11) is 1.34. The van der Waals surface area contributed by atoms with Crippen LogP contribution in [0.4, 0.5) is 4.79 Å². The van der Waals surface area contributed by atoms with Crippen LogP contribution in [0.15, 0.2) is 48.5 Å². The standard InChI is InChI=1S/C33H50N2O6/c1-33(2,3)41-32(38)35-22-16-11-9-7-5-6-8-10-15-21-34-24-29(36)27-19-20-30(28(23-27)31(37)39-4)40-25-26-17-13-12-14-18-26/h12-14,17-20,23,29,34,36H,5-11,15-16,21-22,24-25H2,1-4H3,(H,35,38)/t29-/m0/s1. The van der Waals surface area contributed by atoms with E-state index in [4.69, 9.17) is 14.2 Å². The first kappa shape index (κ1) is 34.1. The first-order valence-corrected chi connectivity index (χ1v) is 14.9. The van der Waals surface area contributed by atoms with E-state index >= 15 is 0 Å². The number of esters is 1. The maximum Gasteiger partial charge on any atom is 0.407 e. The summed E-state index contributed by atoms with van der Waals surface area (Å²) in [6.07, 6.45) is 9.32. The normalized spacial score (nSPS) is 12.0. The summed E-state index contributed by atoms with van der Waals surface area (Å²) >= 11 is 0. The van der Waals surface area contributed by atoms with Crippen molar-refractivity contribution in [1.29, 1.82) is 0 Å². The van der Waals surface area contributed by atoms with Crippen molar-refractivity contribution >= 4 is 12.1 Å². The molecule has 0 fully saturated rings. The number of hydrogen-bond acceptors (Lipinski definition) is 7. The van der Waals surface area contributed by atoms with E-state index < -0.39 is 17.7 Å². The van der Waals surface area contributed by atoms with Gasteiger partial charge >= 0.3 is 12.1 Å². The van der Waals surface area contributed by atoms with Gasteiger partial charge in [0.15, 0.2) is 0 Å². The third kappa shape index (κ3) is 14.9. The lowest BCUT2D eigenvalue weighted by molar-refractivity contribution is 0.0525. The molecule has 0 aromatic heterocycles. The Balaban J connectivity index is 1.54. The SMILES string of the molecule is COC(=O)c1cc([C@@H](O)CNCCCCCCCCCCCNC(=O)OC(C)(C)C)ccc1OCc1ccccc1. The highest BCUT2D eigenvalue weighted by molar-refractivity contribution is 5.92. The van der Waals surface area contributed by atoms with Crippen LogP contribution in [0.3, 0.4) is 0 Å². The largest absolute Gasteiger partial charge is 0.488 e. The molecule has 8 nitrogen and oxygen atoms in total. The van der Waals surface area contributed by atoms with Gasteiger partial charge in [0.2, 0.25) is 0 Å². The van der Waals surface area contributed by atoms with E-state index in [2.05, 4.69) is 10.6 Å². The number of amides is 1. The predicted molar refractivity (Wildman–Crippen MR) is 162 cm³/mol. The molecule has 3 N–H and O–H groups in total. The Labute approximate surface area is 246 Å².